The number of pyridine rings is 1. The van der Waals surface area contributed by atoms with Gasteiger partial charge in [0.1, 0.15) is 12.7 Å². The first-order valence-corrected chi connectivity index (χ1v) is 7.10. The predicted molar refractivity (Wildman–Crippen MR) is 77.7 cm³/mol. The quantitative estimate of drug-likeness (QED) is 0.881. The first kappa shape index (κ1) is 13.7. The van der Waals surface area contributed by atoms with Crippen LogP contribution in [-0.4, -0.2) is 31.7 Å². The molecule has 0 aliphatic heterocycles. The standard InChI is InChI=1S/C14H18N6O/c15-11-3-1-2-10(6-11)14(21)19-12-4-5-13(17-7-12)20-9-16-8-18-20/h4-5,7-11H,1-3,6,15H2,(H,19,21). The van der Waals surface area contributed by atoms with Crippen LogP contribution in [0.5, 0.6) is 0 Å². The zero-order chi connectivity index (χ0) is 14.7. The maximum absolute atomic E-state index is 12.2. The first-order valence-electron chi connectivity index (χ1n) is 7.10. The second-order valence-electron chi connectivity index (χ2n) is 5.36. The fourth-order valence-corrected chi connectivity index (χ4v) is 2.63. The summed E-state index contributed by atoms with van der Waals surface area (Å²) in [6.07, 6.45) is 8.34. The topological polar surface area (TPSA) is 98.7 Å². The maximum atomic E-state index is 12.2. The summed E-state index contributed by atoms with van der Waals surface area (Å²) in [6.45, 7) is 0. The van der Waals surface area contributed by atoms with Gasteiger partial charge >= 0.3 is 0 Å². The molecule has 0 radical (unpaired) electrons. The molecule has 110 valence electrons. The van der Waals surface area contributed by atoms with E-state index in [1.165, 1.54) is 6.33 Å². The maximum Gasteiger partial charge on any atom is 0.227 e. The van der Waals surface area contributed by atoms with Gasteiger partial charge in [0.25, 0.3) is 0 Å². The van der Waals surface area contributed by atoms with Crippen LogP contribution in [0.15, 0.2) is 31.0 Å². The molecular formula is C14H18N6O. The number of nitrogens with two attached hydrogens (primary N) is 1. The number of aromatic nitrogens is 4. The van der Waals surface area contributed by atoms with E-state index >= 15 is 0 Å². The molecular weight excluding hydrogens is 268 g/mol. The molecule has 3 N–H and O–H groups in total. The number of nitrogens with zero attached hydrogens (tertiary/aromatic N) is 4. The van der Waals surface area contributed by atoms with Crippen LogP contribution in [0.25, 0.3) is 5.82 Å². The van der Waals surface area contributed by atoms with Crippen molar-refractivity contribution in [1.82, 2.24) is 19.7 Å². The lowest BCUT2D eigenvalue weighted by Gasteiger charge is -2.25. The minimum atomic E-state index is 0.00346. The van der Waals surface area contributed by atoms with E-state index in [1.54, 1.807) is 23.3 Å². The van der Waals surface area contributed by atoms with Crippen molar-refractivity contribution in [2.24, 2.45) is 11.7 Å². The van der Waals surface area contributed by atoms with Crippen molar-refractivity contribution in [3.8, 4) is 5.82 Å². The summed E-state index contributed by atoms with van der Waals surface area (Å²) >= 11 is 0. The van der Waals surface area contributed by atoms with Crippen LogP contribution in [0.4, 0.5) is 5.69 Å². The van der Waals surface area contributed by atoms with E-state index in [0.717, 1.165) is 25.7 Å². The van der Waals surface area contributed by atoms with Gasteiger partial charge in [-0.2, -0.15) is 5.10 Å². The smallest absolute Gasteiger partial charge is 0.227 e. The van der Waals surface area contributed by atoms with Gasteiger partial charge in [-0.3, -0.25) is 4.79 Å². The van der Waals surface area contributed by atoms with Gasteiger partial charge in [0.05, 0.1) is 11.9 Å². The highest BCUT2D eigenvalue weighted by Crippen LogP contribution is 2.24. The first-order chi connectivity index (χ1) is 10.2. The van der Waals surface area contributed by atoms with E-state index in [9.17, 15) is 4.79 Å². The van der Waals surface area contributed by atoms with E-state index in [-0.39, 0.29) is 17.9 Å². The lowest BCUT2D eigenvalue weighted by atomic mass is 9.85. The fourth-order valence-electron chi connectivity index (χ4n) is 2.63. The summed E-state index contributed by atoms with van der Waals surface area (Å²) in [6, 6.07) is 3.74. The summed E-state index contributed by atoms with van der Waals surface area (Å²) in [5.74, 6) is 0.689. The Labute approximate surface area is 122 Å². The largest absolute Gasteiger partial charge is 0.328 e. The Morgan fingerprint density at radius 3 is 2.95 bits per heavy atom. The fraction of sp³-hybridized carbons (Fsp3) is 0.429. The van der Waals surface area contributed by atoms with Gasteiger partial charge in [-0.15, -0.1) is 0 Å². The Hall–Kier alpha value is -2.28. The van der Waals surface area contributed by atoms with Crippen molar-refractivity contribution in [2.45, 2.75) is 31.7 Å². The van der Waals surface area contributed by atoms with E-state index in [2.05, 4.69) is 20.4 Å². The third-order valence-electron chi connectivity index (χ3n) is 3.75. The molecule has 21 heavy (non-hydrogen) atoms. The minimum absolute atomic E-state index is 0.00346. The molecule has 2 aromatic rings. The van der Waals surface area contributed by atoms with E-state index in [4.69, 9.17) is 5.73 Å². The normalized spacial score (nSPS) is 22.0. The molecule has 7 nitrogen and oxygen atoms in total. The molecule has 0 spiro atoms. The lowest BCUT2D eigenvalue weighted by Crippen LogP contribution is -2.34. The molecule has 1 aliphatic carbocycles. The van der Waals surface area contributed by atoms with Gasteiger partial charge in [0.15, 0.2) is 5.82 Å². The summed E-state index contributed by atoms with van der Waals surface area (Å²) in [5, 5.41) is 6.90. The van der Waals surface area contributed by atoms with Gasteiger partial charge in [0, 0.05) is 12.0 Å². The third-order valence-corrected chi connectivity index (χ3v) is 3.75. The molecule has 2 atom stereocenters. The van der Waals surface area contributed by atoms with Crippen LogP contribution in [-0.2, 0) is 4.79 Å². The number of carbonyl (C=O) groups excluding carboxylic acids is 1. The van der Waals surface area contributed by atoms with Crippen LogP contribution in [0.1, 0.15) is 25.7 Å². The van der Waals surface area contributed by atoms with Crippen LogP contribution < -0.4 is 11.1 Å². The van der Waals surface area contributed by atoms with Crippen molar-refractivity contribution >= 4 is 11.6 Å². The number of hydrogen-bond acceptors (Lipinski definition) is 5. The molecule has 3 rings (SSSR count). The molecule has 0 bridgehead atoms. The predicted octanol–water partition coefficient (Wildman–Crippen LogP) is 1.12. The zero-order valence-electron chi connectivity index (χ0n) is 11.6. The summed E-state index contributed by atoms with van der Waals surface area (Å²) in [7, 11) is 0. The highest BCUT2D eigenvalue weighted by Gasteiger charge is 2.25. The van der Waals surface area contributed by atoms with Crippen molar-refractivity contribution < 1.29 is 4.79 Å². The molecule has 0 aromatic carbocycles. The Kier molecular flexibility index (Phi) is 3.92. The van der Waals surface area contributed by atoms with E-state index < -0.39 is 0 Å². The lowest BCUT2D eigenvalue weighted by molar-refractivity contribution is -0.120. The molecule has 2 heterocycles. The van der Waals surface area contributed by atoms with E-state index in [0.29, 0.717) is 11.5 Å². The van der Waals surface area contributed by atoms with Crippen LogP contribution >= 0.6 is 0 Å². The molecule has 1 amide bonds. The van der Waals surface area contributed by atoms with Gasteiger partial charge in [-0.25, -0.2) is 14.6 Å². The van der Waals surface area contributed by atoms with Crippen molar-refractivity contribution in [3.63, 3.8) is 0 Å². The average molecular weight is 286 g/mol. The number of anilines is 1. The van der Waals surface area contributed by atoms with Crippen molar-refractivity contribution in [2.75, 3.05) is 5.32 Å². The summed E-state index contributed by atoms with van der Waals surface area (Å²) in [4.78, 5) is 20.3. The van der Waals surface area contributed by atoms with Crippen LogP contribution in [0, 0.1) is 5.92 Å². The molecule has 7 heteroatoms. The third kappa shape index (κ3) is 3.25. The second kappa shape index (κ2) is 6.01. The molecule has 2 aromatic heterocycles. The van der Waals surface area contributed by atoms with E-state index in [1.807, 2.05) is 6.07 Å². The second-order valence-corrected chi connectivity index (χ2v) is 5.36. The van der Waals surface area contributed by atoms with Gasteiger partial charge in [0.2, 0.25) is 5.91 Å². The minimum Gasteiger partial charge on any atom is -0.328 e. The molecule has 1 aliphatic rings. The number of nitrogens with one attached hydrogen (secondary N) is 1. The van der Waals surface area contributed by atoms with Crippen LogP contribution in [0.3, 0.4) is 0 Å². The van der Waals surface area contributed by atoms with Gasteiger partial charge in [-0.1, -0.05) is 6.42 Å². The highest BCUT2D eigenvalue weighted by molar-refractivity contribution is 5.92. The molecule has 0 saturated heterocycles. The van der Waals surface area contributed by atoms with Crippen molar-refractivity contribution in [1.29, 1.82) is 0 Å². The van der Waals surface area contributed by atoms with Gasteiger partial charge < -0.3 is 11.1 Å². The Bertz CT molecular complexity index is 594. The summed E-state index contributed by atoms with van der Waals surface area (Å²) in [5.41, 5.74) is 6.61. The number of amides is 1. The number of rotatable bonds is 3. The molecule has 1 saturated carbocycles. The Morgan fingerprint density at radius 2 is 2.29 bits per heavy atom. The van der Waals surface area contributed by atoms with Crippen molar-refractivity contribution in [3.05, 3.63) is 31.0 Å². The van der Waals surface area contributed by atoms with Crippen LogP contribution in [0.2, 0.25) is 0 Å². The molecule has 1 fully saturated rings. The molecule has 2 unspecified atom stereocenters. The Morgan fingerprint density at radius 1 is 1.38 bits per heavy atom. The van der Waals surface area contributed by atoms with Gasteiger partial charge in [-0.05, 0) is 31.4 Å². The number of hydrogen-bond donors (Lipinski definition) is 2. The highest BCUT2D eigenvalue weighted by atomic mass is 16.1. The average Bonchev–Trinajstić information content (AvgIpc) is 3.02. The number of carbonyl (C=O) groups is 1. The summed E-state index contributed by atoms with van der Waals surface area (Å²) < 4.78 is 1.56. The Balaban J connectivity index is 1.63. The SMILES string of the molecule is NC1CCCC(C(=O)Nc2ccc(-n3cncn3)nc2)C1. The zero-order valence-corrected chi connectivity index (χ0v) is 11.6. The monoisotopic (exact) mass is 286 g/mol.